The second-order valence-electron chi connectivity index (χ2n) is 9.10. The number of rotatable bonds is 8. The molecule has 3 aliphatic rings. The smallest absolute Gasteiger partial charge is 0.220 e. The van der Waals surface area contributed by atoms with E-state index in [-0.39, 0.29) is 5.91 Å². The van der Waals surface area contributed by atoms with E-state index in [1.807, 2.05) is 30.3 Å². The molecular formula is C24H37N3O2. The van der Waals surface area contributed by atoms with Crippen molar-refractivity contribution in [3.8, 4) is 5.75 Å². The van der Waals surface area contributed by atoms with Crippen LogP contribution in [-0.2, 0) is 4.79 Å². The fourth-order valence-corrected chi connectivity index (χ4v) is 5.81. The lowest BCUT2D eigenvalue weighted by Gasteiger charge is -2.57. The predicted molar refractivity (Wildman–Crippen MR) is 116 cm³/mol. The molecule has 3 saturated heterocycles. The summed E-state index contributed by atoms with van der Waals surface area (Å²) in [5, 5.41) is 3.25. The van der Waals surface area contributed by atoms with E-state index in [9.17, 15) is 4.79 Å². The third-order valence-corrected chi connectivity index (χ3v) is 7.10. The molecule has 29 heavy (non-hydrogen) atoms. The highest BCUT2D eigenvalue weighted by Crippen LogP contribution is 2.40. The molecule has 3 heterocycles. The molecule has 1 amide bonds. The van der Waals surface area contributed by atoms with Gasteiger partial charge in [0.1, 0.15) is 12.4 Å². The lowest BCUT2D eigenvalue weighted by Crippen LogP contribution is -2.65. The van der Waals surface area contributed by atoms with Crippen LogP contribution in [0.15, 0.2) is 30.3 Å². The molecule has 160 valence electrons. The Balaban J connectivity index is 1.36. The van der Waals surface area contributed by atoms with Gasteiger partial charge >= 0.3 is 0 Å². The van der Waals surface area contributed by atoms with Gasteiger partial charge in [-0.3, -0.25) is 14.6 Å². The molecule has 0 spiro atoms. The van der Waals surface area contributed by atoms with Gasteiger partial charge in [0, 0.05) is 44.7 Å². The van der Waals surface area contributed by atoms with E-state index in [4.69, 9.17) is 4.74 Å². The summed E-state index contributed by atoms with van der Waals surface area (Å²) in [5.74, 6) is 2.60. The second-order valence-corrected chi connectivity index (χ2v) is 9.10. The first-order valence-corrected chi connectivity index (χ1v) is 11.7. The molecule has 1 aromatic rings. The maximum Gasteiger partial charge on any atom is 0.220 e. The van der Waals surface area contributed by atoms with E-state index in [0.717, 1.165) is 44.3 Å². The summed E-state index contributed by atoms with van der Waals surface area (Å²) in [6, 6.07) is 11.3. The number of amides is 1. The molecular weight excluding hydrogens is 362 g/mol. The van der Waals surface area contributed by atoms with Crippen LogP contribution in [0, 0.1) is 11.8 Å². The van der Waals surface area contributed by atoms with Crippen molar-refractivity contribution in [1.29, 1.82) is 0 Å². The Labute approximate surface area is 175 Å². The van der Waals surface area contributed by atoms with Crippen LogP contribution in [0.3, 0.4) is 0 Å². The highest BCUT2D eigenvalue weighted by atomic mass is 16.5. The Morgan fingerprint density at radius 1 is 1.17 bits per heavy atom. The van der Waals surface area contributed by atoms with E-state index in [0.29, 0.717) is 24.4 Å². The van der Waals surface area contributed by atoms with Crippen LogP contribution in [0.2, 0.25) is 0 Å². The summed E-state index contributed by atoms with van der Waals surface area (Å²) < 4.78 is 5.96. The number of likely N-dealkylation sites (tertiary alicyclic amines) is 1. The molecule has 2 bridgehead atoms. The number of piperidine rings is 3. The van der Waals surface area contributed by atoms with Gasteiger partial charge in [0.15, 0.2) is 0 Å². The summed E-state index contributed by atoms with van der Waals surface area (Å²) in [7, 11) is 0. The SMILES string of the molecule is CCCC(=O)NC[C@H]1[C@H]2C[C@H](CN(CCOc3ccccc3)C2)[C@@H]2CCCCN21. The summed E-state index contributed by atoms with van der Waals surface area (Å²) in [6.07, 6.45) is 6.88. The number of para-hydroxylation sites is 1. The molecule has 1 aromatic carbocycles. The Kier molecular flexibility index (Phi) is 7.09. The summed E-state index contributed by atoms with van der Waals surface area (Å²) in [5.41, 5.74) is 0. The maximum atomic E-state index is 12.1. The van der Waals surface area contributed by atoms with Crippen molar-refractivity contribution >= 4 is 5.91 Å². The number of nitrogens with zero attached hydrogens (tertiary/aromatic N) is 2. The van der Waals surface area contributed by atoms with Gasteiger partial charge in [-0.05, 0) is 56.2 Å². The van der Waals surface area contributed by atoms with Crippen molar-refractivity contribution in [3.05, 3.63) is 30.3 Å². The molecule has 1 N–H and O–H groups in total. The molecule has 0 aliphatic carbocycles. The van der Waals surface area contributed by atoms with Crippen LogP contribution in [0.25, 0.3) is 0 Å². The fraction of sp³-hybridized carbons (Fsp3) is 0.708. The first kappa shape index (κ1) is 20.7. The molecule has 5 nitrogen and oxygen atoms in total. The van der Waals surface area contributed by atoms with Gasteiger partial charge in [-0.25, -0.2) is 0 Å². The quantitative estimate of drug-likeness (QED) is 0.729. The number of fused-ring (bicyclic) bond motifs is 4. The van der Waals surface area contributed by atoms with Gasteiger partial charge in [0.25, 0.3) is 0 Å². The van der Waals surface area contributed by atoms with Crippen molar-refractivity contribution in [1.82, 2.24) is 15.1 Å². The van der Waals surface area contributed by atoms with Crippen molar-refractivity contribution in [2.45, 2.75) is 57.5 Å². The minimum Gasteiger partial charge on any atom is -0.492 e. The topological polar surface area (TPSA) is 44.8 Å². The van der Waals surface area contributed by atoms with E-state index < -0.39 is 0 Å². The molecule has 4 atom stereocenters. The van der Waals surface area contributed by atoms with Crippen molar-refractivity contribution in [2.24, 2.45) is 11.8 Å². The van der Waals surface area contributed by atoms with Gasteiger partial charge in [-0.15, -0.1) is 0 Å². The summed E-state index contributed by atoms with van der Waals surface area (Å²) in [4.78, 5) is 17.5. The summed E-state index contributed by atoms with van der Waals surface area (Å²) in [6.45, 7) is 8.17. The van der Waals surface area contributed by atoms with Crippen LogP contribution >= 0.6 is 0 Å². The monoisotopic (exact) mass is 399 g/mol. The van der Waals surface area contributed by atoms with Gasteiger partial charge in [-0.2, -0.15) is 0 Å². The standard InChI is InChI=1S/C24H37N3O2/c1-2-8-24(28)25-16-23-20-15-19(22-11-6-7-12-27(22)23)17-26(18-20)13-14-29-21-9-4-3-5-10-21/h3-5,9-10,19-20,22-23H,2,6-8,11-18H2,1H3,(H,25,28)/t19-,20+,22+,23+/m1/s1. The lowest BCUT2D eigenvalue weighted by atomic mass is 9.72. The van der Waals surface area contributed by atoms with Crippen LogP contribution in [0.1, 0.15) is 45.4 Å². The van der Waals surface area contributed by atoms with Crippen molar-refractivity contribution in [3.63, 3.8) is 0 Å². The first-order chi connectivity index (χ1) is 14.2. The van der Waals surface area contributed by atoms with Gasteiger partial charge in [-0.1, -0.05) is 31.5 Å². The second kappa shape index (κ2) is 9.94. The Bertz CT molecular complexity index is 653. The number of carbonyl (C=O) groups excluding carboxylic acids is 1. The van der Waals surface area contributed by atoms with Crippen molar-refractivity contribution in [2.75, 3.05) is 39.3 Å². The number of benzene rings is 1. The zero-order valence-corrected chi connectivity index (χ0v) is 17.9. The van der Waals surface area contributed by atoms with Crippen LogP contribution in [0.4, 0.5) is 0 Å². The van der Waals surface area contributed by atoms with Crippen LogP contribution in [-0.4, -0.2) is 67.1 Å². The fourth-order valence-electron chi connectivity index (χ4n) is 5.81. The first-order valence-electron chi connectivity index (χ1n) is 11.7. The third-order valence-electron chi connectivity index (χ3n) is 7.10. The van der Waals surface area contributed by atoms with Gasteiger partial charge < -0.3 is 10.1 Å². The molecule has 0 saturated carbocycles. The van der Waals surface area contributed by atoms with Gasteiger partial charge in [0.2, 0.25) is 5.91 Å². The zero-order valence-electron chi connectivity index (χ0n) is 17.9. The number of hydrogen-bond donors (Lipinski definition) is 1. The Hall–Kier alpha value is -1.59. The number of ether oxygens (including phenoxy) is 1. The maximum absolute atomic E-state index is 12.1. The molecule has 4 rings (SSSR count). The molecule has 0 unspecified atom stereocenters. The lowest BCUT2D eigenvalue weighted by molar-refractivity contribution is -0.122. The average Bonchev–Trinajstić information content (AvgIpc) is 2.75. The van der Waals surface area contributed by atoms with Crippen LogP contribution in [0.5, 0.6) is 5.75 Å². The van der Waals surface area contributed by atoms with Gasteiger partial charge in [0.05, 0.1) is 0 Å². The van der Waals surface area contributed by atoms with E-state index >= 15 is 0 Å². The number of hydrogen-bond acceptors (Lipinski definition) is 4. The van der Waals surface area contributed by atoms with E-state index in [1.165, 1.54) is 38.8 Å². The number of carbonyl (C=O) groups is 1. The molecule has 0 radical (unpaired) electrons. The zero-order chi connectivity index (χ0) is 20.1. The highest BCUT2D eigenvalue weighted by molar-refractivity contribution is 5.75. The Morgan fingerprint density at radius 3 is 2.83 bits per heavy atom. The molecule has 3 fully saturated rings. The molecule has 0 aromatic heterocycles. The molecule has 5 heteroatoms. The van der Waals surface area contributed by atoms with Crippen LogP contribution < -0.4 is 10.1 Å². The predicted octanol–water partition coefficient (Wildman–Crippen LogP) is 3.16. The highest BCUT2D eigenvalue weighted by Gasteiger charge is 2.46. The molecule has 3 aliphatic heterocycles. The largest absolute Gasteiger partial charge is 0.492 e. The minimum absolute atomic E-state index is 0.215. The third kappa shape index (κ3) is 5.13. The normalized spacial score (nSPS) is 29.8. The number of nitrogens with one attached hydrogen (secondary N) is 1. The van der Waals surface area contributed by atoms with Crippen molar-refractivity contribution < 1.29 is 9.53 Å². The Morgan fingerprint density at radius 2 is 2.00 bits per heavy atom. The van der Waals surface area contributed by atoms with E-state index in [2.05, 4.69) is 22.0 Å². The minimum atomic E-state index is 0.215. The average molecular weight is 400 g/mol. The summed E-state index contributed by atoms with van der Waals surface area (Å²) >= 11 is 0. The van der Waals surface area contributed by atoms with E-state index in [1.54, 1.807) is 0 Å².